The summed E-state index contributed by atoms with van der Waals surface area (Å²) in [5, 5.41) is 36.7. The highest BCUT2D eigenvalue weighted by Gasteiger charge is 2.90. The van der Waals surface area contributed by atoms with Crippen LogP contribution >= 0.6 is 0 Å². The van der Waals surface area contributed by atoms with Crippen molar-refractivity contribution in [3.8, 4) is 40.9 Å². The van der Waals surface area contributed by atoms with Gasteiger partial charge < -0.3 is 34.6 Å². The van der Waals surface area contributed by atoms with E-state index in [1.54, 1.807) is 0 Å². The first kappa shape index (κ1) is 47.5. The molecule has 0 saturated heterocycles. The van der Waals surface area contributed by atoms with Gasteiger partial charge in [-0.1, -0.05) is 29.7 Å². The molecule has 3 aromatic rings. The normalized spacial score (nSPS) is 13.7. The molecule has 58 heavy (non-hydrogen) atoms. The molecule has 2 unspecified atom stereocenters. The maximum Gasteiger partial charge on any atom is 0.460 e. The Morgan fingerprint density at radius 2 is 0.914 bits per heavy atom. The van der Waals surface area contributed by atoms with Crippen LogP contribution in [0, 0.1) is 23.7 Å². The van der Waals surface area contributed by atoms with Gasteiger partial charge in [0.15, 0.2) is 5.75 Å². The number of hydrogen-bond donors (Lipinski definition) is 4. The zero-order valence-electron chi connectivity index (χ0n) is 29.6. The van der Waals surface area contributed by atoms with Gasteiger partial charge >= 0.3 is 35.8 Å². The number of para-hydroxylation sites is 1. The summed E-state index contributed by atoms with van der Waals surface area (Å²) in [6, 6.07) is 16.4. The Hall–Kier alpha value is -4.89. The van der Waals surface area contributed by atoms with Crippen molar-refractivity contribution >= 4 is 0 Å². The molecule has 3 rings (SSSR count). The number of aliphatic hydroxyl groups excluding tert-OH is 4. The average Bonchev–Trinajstić information content (AvgIpc) is 3.17. The fourth-order valence-corrected chi connectivity index (χ4v) is 4.51. The first-order valence-corrected chi connectivity index (χ1v) is 16.7. The number of rotatable bonds is 18. The molecule has 0 amide bonds. The third-order valence-corrected chi connectivity index (χ3v) is 7.84. The largest absolute Gasteiger partial charge is 0.491 e. The molecule has 0 aliphatic rings. The van der Waals surface area contributed by atoms with E-state index in [4.69, 9.17) is 24.4 Å². The van der Waals surface area contributed by atoms with Gasteiger partial charge in [-0.15, -0.1) is 0 Å². The van der Waals surface area contributed by atoms with Crippen LogP contribution in [0.2, 0.25) is 0 Å². The standard InChI is InChI=1S/C38H33F13O7/c39-33(40,34(41,42)35(43,44)36(45,46)37(47,48)38(49,50)51)18-1-2-19-56-32-26(12-6-24-8-14-30(15-9-24)57-22-28(54)20-52)4-3-5-27(32)13-7-25-10-16-31(17-11-25)58-23-29(55)21-53/h3-5,8-11,14-17,28-29,52-55H,1-2,18-23H2. The van der Waals surface area contributed by atoms with E-state index in [9.17, 15) is 67.3 Å². The van der Waals surface area contributed by atoms with Crippen LogP contribution in [0.1, 0.15) is 41.5 Å². The smallest absolute Gasteiger partial charge is 0.460 e. The van der Waals surface area contributed by atoms with Gasteiger partial charge in [0.2, 0.25) is 0 Å². The third-order valence-electron chi connectivity index (χ3n) is 7.84. The van der Waals surface area contributed by atoms with Crippen LogP contribution < -0.4 is 14.2 Å². The number of alkyl halides is 13. The van der Waals surface area contributed by atoms with Gasteiger partial charge in [-0.25, -0.2) is 0 Å². The van der Waals surface area contributed by atoms with E-state index in [0.29, 0.717) is 22.6 Å². The Morgan fingerprint density at radius 3 is 1.31 bits per heavy atom. The highest BCUT2D eigenvalue weighted by atomic mass is 19.4. The Labute approximate surface area is 322 Å². The molecule has 0 bridgehead atoms. The van der Waals surface area contributed by atoms with Crippen LogP contribution in [0.25, 0.3) is 0 Å². The van der Waals surface area contributed by atoms with Crippen LogP contribution in [-0.4, -0.2) is 101 Å². The van der Waals surface area contributed by atoms with Crippen molar-refractivity contribution in [3.63, 3.8) is 0 Å². The van der Waals surface area contributed by atoms with Gasteiger partial charge in [0.1, 0.15) is 36.9 Å². The van der Waals surface area contributed by atoms with Crippen LogP contribution in [0.4, 0.5) is 57.1 Å². The lowest BCUT2D eigenvalue weighted by atomic mass is 9.92. The summed E-state index contributed by atoms with van der Waals surface area (Å²) in [6.45, 7) is -2.13. The topological polar surface area (TPSA) is 109 Å². The molecule has 0 aromatic heterocycles. The van der Waals surface area contributed by atoms with E-state index in [1.165, 1.54) is 66.7 Å². The molecule has 3 aromatic carbocycles. The molecule has 0 radical (unpaired) electrons. The number of hydrogen-bond acceptors (Lipinski definition) is 7. The first-order valence-electron chi connectivity index (χ1n) is 16.7. The Balaban J connectivity index is 1.84. The molecule has 0 heterocycles. The Kier molecular flexibility index (Phi) is 15.8. The monoisotopic (exact) mass is 848 g/mol. The molecule has 0 spiro atoms. The van der Waals surface area contributed by atoms with E-state index in [2.05, 4.69) is 23.7 Å². The van der Waals surface area contributed by atoms with Gasteiger partial charge in [-0.2, -0.15) is 57.1 Å². The van der Waals surface area contributed by atoms with Crippen molar-refractivity contribution in [2.24, 2.45) is 0 Å². The van der Waals surface area contributed by atoms with Crippen molar-refractivity contribution in [1.29, 1.82) is 0 Å². The van der Waals surface area contributed by atoms with E-state index in [0.717, 1.165) is 0 Å². The number of unbranched alkanes of at least 4 members (excludes halogenated alkanes) is 1. The summed E-state index contributed by atoms with van der Waals surface area (Å²) in [7, 11) is 0. The lowest BCUT2D eigenvalue weighted by molar-refractivity contribution is -0.440. The first-order chi connectivity index (χ1) is 26.9. The van der Waals surface area contributed by atoms with E-state index in [-0.39, 0.29) is 30.1 Å². The fraction of sp³-hybridized carbons (Fsp3) is 0.421. The molecule has 20 heteroatoms. The molecular weight excluding hydrogens is 815 g/mol. The fourth-order valence-electron chi connectivity index (χ4n) is 4.51. The summed E-state index contributed by atoms with van der Waals surface area (Å²) >= 11 is 0. The van der Waals surface area contributed by atoms with Gasteiger partial charge in [-0.05, 0) is 73.5 Å². The minimum absolute atomic E-state index is 0.101. The maximum absolute atomic E-state index is 14.3. The number of halogens is 13. The summed E-state index contributed by atoms with van der Waals surface area (Å²) in [5.74, 6) is -25.5. The van der Waals surface area contributed by atoms with Crippen molar-refractivity contribution in [2.45, 2.75) is 67.3 Å². The van der Waals surface area contributed by atoms with Gasteiger partial charge in [0, 0.05) is 17.5 Å². The summed E-state index contributed by atoms with van der Waals surface area (Å²) in [5.41, 5.74) is 1.05. The quantitative estimate of drug-likeness (QED) is 0.0608. The van der Waals surface area contributed by atoms with Gasteiger partial charge in [0.25, 0.3) is 0 Å². The molecule has 2 atom stereocenters. The van der Waals surface area contributed by atoms with Crippen LogP contribution in [0.5, 0.6) is 17.2 Å². The third kappa shape index (κ3) is 11.2. The van der Waals surface area contributed by atoms with Crippen LogP contribution in [-0.2, 0) is 0 Å². The zero-order valence-corrected chi connectivity index (χ0v) is 29.6. The van der Waals surface area contributed by atoms with E-state index in [1.807, 2.05) is 0 Å². The predicted octanol–water partition coefficient (Wildman–Crippen LogP) is 7.24. The highest BCUT2D eigenvalue weighted by molar-refractivity contribution is 5.59. The number of aliphatic hydroxyl groups is 4. The molecule has 0 fully saturated rings. The van der Waals surface area contributed by atoms with Gasteiger partial charge in [0.05, 0.1) is 30.9 Å². The SMILES string of the molecule is OCC(O)COc1ccc(C#Cc2cccc(C#Cc3ccc(OCC(O)CO)cc3)c2OCCCCC(F)(F)C(F)(F)C(F)(F)C(F)(F)C(F)(F)C(F)(F)F)cc1. The minimum atomic E-state index is -7.98. The molecule has 0 aliphatic carbocycles. The van der Waals surface area contributed by atoms with Crippen molar-refractivity contribution in [1.82, 2.24) is 0 Å². The summed E-state index contributed by atoms with van der Waals surface area (Å²) < 4.78 is 192. The summed E-state index contributed by atoms with van der Waals surface area (Å²) in [4.78, 5) is 0. The number of benzene rings is 3. The molecule has 318 valence electrons. The lowest BCUT2D eigenvalue weighted by Crippen LogP contribution is -2.70. The average molecular weight is 849 g/mol. The van der Waals surface area contributed by atoms with E-state index >= 15 is 0 Å². The molecule has 0 saturated carbocycles. The maximum atomic E-state index is 14.3. The van der Waals surface area contributed by atoms with Crippen LogP contribution in [0.15, 0.2) is 66.7 Å². The number of ether oxygens (including phenoxy) is 3. The second-order valence-electron chi connectivity index (χ2n) is 12.3. The van der Waals surface area contributed by atoms with Crippen molar-refractivity contribution in [3.05, 3.63) is 89.0 Å². The zero-order chi connectivity index (χ0) is 43.6. The van der Waals surface area contributed by atoms with Gasteiger partial charge in [-0.3, -0.25) is 0 Å². The van der Waals surface area contributed by atoms with Crippen LogP contribution in [0.3, 0.4) is 0 Å². The van der Waals surface area contributed by atoms with E-state index < -0.39 is 87.1 Å². The molecular formula is C38H33F13O7. The minimum Gasteiger partial charge on any atom is -0.491 e. The molecule has 7 nitrogen and oxygen atoms in total. The second kappa shape index (κ2) is 19.2. The second-order valence-corrected chi connectivity index (χ2v) is 12.3. The molecule has 0 aliphatic heterocycles. The highest BCUT2D eigenvalue weighted by Crippen LogP contribution is 2.60. The Bertz CT molecular complexity index is 1820. The Morgan fingerprint density at radius 1 is 0.500 bits per heavy atom. The predicted molar refractivity (Wildman–Crippen MR) is 179 cm³/mol. The summed E-state index contributed by atoms with van der Waals surface area (Å²) in [6.07, 6.45) is -14.0. The lowest BCUT2D eigenvalue weighted by Gasteiger charge is -2.39. The molecule has 4 N–H and O–H groups in total. The van der Waals surface area contributed by atoms with Crippen molar-refractivity contribution < 1.29 is 91.7 Å². The van der Waals surface area contributed by atoms with Crippen molar-refractivity contribution in [2.75, 3.05) is 33.0 Å².